The molecule has 0 aliphatic rings. The van der Waals surface area contributed by atoms with Gasteiger partial charge in [0.2, 0.25) is 5.91 Å². The van der Waals surface area contributed by atoms with E-state index in [-0.39, 0.29) is 5.91 Å². The van der Waals surface area contributed by atoms with E-state index < -0.39 is 5.82 Å². The lowest BCUT2D eigenvalue weighted by molar-refractivity contribution is -0.114. The summed E-state index contributed by atoms with van der Waals surface area (Å²) in [6.45, 7) is 1.43. The van der Waals surface area contributed by atoms with Gasteiger partial charge in [0, 0.05) is 24.4 Å². The molecule has 1 amide bonds. The molecular formula is C15H15FN2O2. The summed E-state index contributed by atoms with van der Waals surface area (Å²) in [5, 5.41) is 5.63. The quantitative estimate of drug-likeness (QED) is 0.896. The van der Waals surface area contributed by atoms with Gasteiger partial charge in [0.1, 0.15) is 11.6 Å². The van der Waals surface area contributed by atoms with Crippen LogP contribution < -0.4 is 15.4 Å². The monoisotopic (exact) mass is 274 g/mol. The first-order valence-electron chi connectivity index (χ1n) is 6.06. The van der Waals surface area contributed by atoms with Gasteiger partial charge >= 0.3 is 0 Å². The Balaban J connectivity index is 2.19. The number of rotatable bonds is 4. The average molecular weight is 274 g/mol. The molecule has 5 heteroatoms. The van der Waals surface area contributed by atoms with Crippen LogP contribution in [0.25, 0.3) is 0 Å². The van der Waals surface area contributed by atoms with Gasteiger partial charge in [-0.05, 0) is 30.3 Å². The van der Waals surface area contributed by atoms with Crippen molar-refractivity contribution in [1.29, 1.82) is 0 Å². The van der Waals surface area contributed by atoms with Crippen LogP contribution in [-0.4, -0.2) is 13.0 Å². The van der Waals surface area contributed by atoms with Gasteiger partial charge in [-0.15, -0.1) is 0 Å². The Morgan fingerprint density at radius 3 is 2.55 bits per heavy atom. The lowest BCUT2D eigenvalue weighted by Gasteiger charge is -2.10. The first kappa shape index (κ1) is 13.9. The third kappa shape index (κ3) is 3.47. The summed E-state index contributed by atoms with van der Waals surface area (Å²) in [7, 11) is 1.48. The predicted molar refractivity (Wildman–Crippen MR) is 77.0 cm³/mol. The fourth-order valence-corrected chi connectivity index (χ4v) is 1.76. The van der Waals surface area contributed by atoms with Gasteiger partial charge in [-0.1, -0.05) is 6.07 Å². The highest BCUT2D eigenvalue weighted by Gasteiger charge is 2.05. The number of halogens is 1. The third-order valence-corrected chi connectivity index (χ3v) is 2.64. The number of anilines is 3. The second kappa shape index (κ2) is 6.06. The number of carbonyl (C=O) groups excluding carboxylic acids is 1. The molecule has 104 valence electrons. The Morgan fingerprint density at radius 1 is 1.15 bits per heavy atom. The number of benzene rings is 2. The number of hydrogen-bond acceptors (Lipinski definition) is 3. The van der Waals surface area contributed by atoms with Crippen molar-refractivity contribution >= 4 is 23.0 Å². The molecule has 20 heavy (non-hydrogen) atoms. The van der Waals surface area contributed by atoms with Crippen molar-refractivity contribution in [2.45, 2.75) is 6.92 Å². The SMILES string of the molecule is COc1ccc(Nc2cccc(NC(C)=O)c2)c(F)c1. The molecule has 4 nitrogen and oxygen atoms in total. The molecule has 0 aliphatic heterocycles. The summed E-state index contributed by atoms with van der Waals surface area (Å²) in [5.74, 6) is -0.105. The van der Waals surface area contributed by atoms with Crippen LogP contribution in [-0.2, 0) is 4.79 Å². The molecule has 0 saturated carbocycles. The summed E-state index contributed by atoms with van der Waals surface area (Å²) >= 11 is 0. The van der Waals surface area contributed by atoms with Gasteiger partial charge in [0.15, 0.2) is 0 Å². The molecule has 0 bridgehead atoms. The molecule has 0 saturated heterocycles. The number of methoxy groups -OCH3 is 1. The van der Waals surface area contributed by atoms with Gasteiger partial charge in [-0.3, -0.25) is 4.79 Å². The maximum atomic E-state index is 13.8. The van der Waals surface area contributed by atoms with Crippen molar-refractivity contribution in [2.75, 3.05) is 17.7 Å². The van der Waals surface area contributed by atoms with Gasteiger partial charge in [0.25, 0.3) is 0 Å². The molecule has 0 aliphatic carbocycles. The van der Waals surface area contributed by atoms with Crippen molar-refractivity contribution in [1.82, 2.24) is 0 Å². The summed E-state index contributed by atoms with van der Waals surface area (Å²) in [6.07, 6.45) is 0. The molecule has 0 atom stereocenters. The van der Waals surface area contributed by atoms with Crippen LogP contribution in [0.4, 0.5) is 21.5 Å². The molecule has 0 heterocycles. The molecule has 0 unspecified atom stereocenters. The Labute approximate surface area is 116 Å². The minimum atomic E-state index is -0.408. The fourth-order valence-electron chi connectivity index (χ4n) is 1.76. The van der Waals surface area contributed by atoms with Crippen molar-refractivity contribution in [2.24, 2.45) is 0 Å². The zero-order chi connectivity index (χ0) is 14.5. The fraction of sp³-hybridized carbons (Fsp3) is 0.133. The number of amides is 1. The normalized spacial score (nSPS) is 9.95. The van der Waals surface area contributed by atoms with Gasteiger partial charge < -0.3 is 15.4 Å². The van der Waals surface area contributed by atoms with E-state index in [2.05, 4.69) is 10.6 Å². The Hall–Kier alpha value is -2.56. The van der Waals surface area contributed by atoms with Gasteiger partial charge in [-0.2, -0.15) is 0 Å². The van der Waals surface area contributed by atoms with E-state index in [4.69, 9.17) is 4.74 Å². The van der Waals surface area contributed by atoms with Crippen molar-refractivity contribution in [3.8, 4) is 5.75 Å². The van der Waals surface area contributed by atoms with E-state index in [1.165, 1.54) is 20.1 Å². The third-order valence-electron chi connectivity index (χ3n) is 2.64. The van der Waals surface area contributed by atoms with Crippen LogP contribution in [0.5, 0.6) is 5.75 Å². The lowest BCUT2D eigenvalue weighted by Crippen LogP contribution is -2.05. The van der Waals surface area contributed by atoms with E-state index in [1.807, 2.05) is 0 Å². The Bertz CT molecular complexity index is 629. The second-order valence-electron chi connectivity index (χ2n) is 4.23. The molecule has 0 aromatic heterocycles. The highest BCUT2D eigenvalue weighted by molar-refractivity contribution is 5.89. The van der Waals surface area contributed by atoms with E-state index >= 15 is 0 Å². The molecule has 0 spiro atoms. The van der Waals surface area contributed by atoms with E-state index in [9.17, 15) is 9.18 Å². The summed E-state index contributed by atoms with van der Waals surface area (Å²) in [4.78, 5) is 11.0. The van der Waals surface area contributed by atoms with E-state index in [1.54, 1.807) is 36.4 Å². The molecule has 0 radical (unpaired) electrons. The minimum absolute atomic E-state index is 0.155. The predicted octanol–water partition coefficient (Wildman–Crippen LogP) is 3.54. The zero-order valence-corrected chi connectivity index (χ0v) is 11.2. The molecule has 0 fully saturated rings. The van der Waals surface area contributed by atoms with Crippen LogP contribution >= 0.6 is 0 Å². The average Bonchev–Trinajstić information content (AvgIpc) is 2.41. The van der Waals surface area contributed by atoms with E-state index in [0.717, 1.165) is 0 Å². The zero-order valence-electron chi connectivity index (χ0n) is 11.2. The first-order valence-corrected chi connectivity index (χ1v) is 6.06. The highest BCUT2D eigenvalue weighted by atomic mass is 19.1. The van der Waals surface area contributed by atoms with Crippen LogP contribution in [0.3, 0.4) is 0 Å². The topological polar surface area (TPSA) is 50.4 Å². The first-order chi connectivity index (χ1) is 9.58. The smallest absolute Gasteiger partial charge is 0.221 e. The second-order valence-corrected chi connectivity index (χ2v) is 4.23. The number of carbonyl (C=O) groups is 1. The Morgan fingerprint density at radius 2 is 1.90 bits per heavy atom. The largest absolute Gasteiger partial charge is 0.497 e. The number of ether oxygens (including phenoxy) is 1. The molecule has 2 N–H and O–H groups in total. The number of nitrogens with one attached hydrogen (secondary N) is 2. The number of hydrogen-bond donors (Lipinski definition) is 2. The lowest BCUT2D eigenvalue weighted by atomic mass is 10.2. The van der Waals surface area contributed by atoms with Crippen molar-refractivity contribution in [3.63, 3.8) is 0 Å². The van der Waals surface area contributed by atoms with Crippen LogP contribution in [0, 0.1) is 5.82 Å². The van der Waals surface area contributed by atoms with E-state index in [0.29, 0.717) is 22.8 Å². The maximum Gasteiger partial charge on any atom is 0.221 e. The Kier molecular flexibility index (Phi) is 4.20. The molecule has 2 rings (SSSR count). The summed E-state index contributed by atoms with van der Waals surface area (Å²) < 4.78 is 18.8. The van der Waals surface area contributed by atoms with Crippen LogP contribution in [0.15, 0.2) is 42.5 Å². The highest BCUT2D eigenvalue weighted by Crippen LogP contribution is 2.25. The summed E-state index contributed by atoms with van der Waals surface area (Å²) in [6, 6.07) is 11.6. The molecule has 2 aromatic rings. The van der Waals surface area contributed by atoms with Crippen molar-refractivity contribution < 1.29 is 13.9 Å². The van der Waals surface area contributed by atoms with Crippen molar-refractivity contribution in [3.05, 3.63) is 48.3 Å². The minimum Gasteiger partial charge on any atom is -0.497 e. The molecule has 2 aromatic carbocycles. The summed E-state index contributed by atoms with van der Waals surface area (Å²) in [5.41, 5.74) is 1.67. The molecular weight excluding hydrogens is 259 g/mol. The standard InChI is InChI=1S/C15H15FN2O2/c1-10(19)17-11-4-3-5-12(8-11)18-15-7-6-13(20-2)9-14(15)16/h3-9,18H,1-2H3,(H,17,19). The van der Waals surface area contributed by atoms with Crippen LogP contribution in [0.1, 0.15) is 6.92 Å². The van der Waals surface area contributed by atoms with Crippen LogP contribution in [0.2, 0.25) is 0 Å². The maximum absolute atomic E-state index is 13.8. The van der Waals surface area contributed by atoms with Gasteiger partial charge in [-0.25, -0.2) is 4.39 Å². The van der Waals surface area contributed by atoms with Gasteiger partial charge in [0.05, 0.1) is 12.8 Å².